The number of ether oxygens (including phenoxy) is 1. The van der Waals surface area contributed by atoms with E-state index in [0.717, 1.165) is 22.8 Å². The van der Waals surface area contributed by atoms with Gasteiger partial charge >= 0.3 is 0 Å². The standard InChI is InChI=1S/C14H10N2O/c1-2-6-10-9(5-1)13-14(15-10)16-11-7-3-4-8-12(11)17-13/h1-8,12-13H. The van der Waals surface area contributed by atoms with Crippen molar-refractivity contribution in [2.75, 3.05) is 0 Å². The molecule has 0 radical (unpaired) electrons. The Kier molecular flexibility index (Phi) is 1.73. The van der Waals surface area contributed by atoms with E-state index in [0.29, 0.717) is 0 Å². The van der Waals surface area contributed by atoms with Crippen LogP contribution in [0.2, 0.25) is 0 Å². The molecule has 2 atom stereocenters. The molecule has 0 amide bonds. The average molecular weight is 222 g/mol. The number of aliphatic imine (C=N–C) groups is 2. The third-order valence-electron chi connectivity index (χ3n) is 3.17. The van der Waals surface area contributed by atoms with Gasteiger partial charge in [-0.15, -0.1) is 0 Å². The van der Waals surface area contributed by atoms with E-state index in [-0.39, 0.29) is 12.2 Å². The van der Waals surface area contributed by atoms with Crippen LogP contribution in [0.4, 0.5) is 5.69 Å². The number of hydrogen-bond donors (Lipinski definition) is 0. The average Bonchev–Trinajstić information content (AvgIpc) is 2.73. The number of fused-ring (bicyclic) bond motifs is 4. The van der Waals surface area contributed by atoms with E-state index < -0.39 is 0 Å². The van der Waals surface area contributed by atoms with Gasteiger partial charge in [-0.25, -0.2) is 9.98 Å². The second-order valence-corrected chi connectivity index (χ2v) is 4.25. The summed E-state index contributed by atoms with van der Waals surface area (Å²) in [7, 11) is 0. The first-order valence-electron chi connectivity index (χ1n) is 5.68. The third-order valence-corrected chi connectivity index (χ3v) is 3.17. The second-order valence-electron chi connectivity index (χ2n) is 4.25. The molecule has 0 aromatic heterocycles. The summed E-state index contributed by atoms with van der Waals surface area (Å²) in [5.74, 6) is 0.775. The number of hydrogen-bond acceptors (Lipinski definition) is 3. The van der Waals surface area contributed by atoms with Crippen LogP contribution in [0.3, 0.4) is 0 Å². The van der Waals surface area contributed by atoms with Crippen LogP contribution >= 0.6 is 0 Å². The Bertz CT molecular complexity index is 610. The van der Waals surface area contributed by atoms with Gasteiger partial charge in [0.1, 0.15) is 12.2 Å². The number of amidine groups is 1. The predicted octanol–water partition coefficient (Wildman–Crippen LogP) is 2.74. The minimum atomic E-state index is -0.101. The molecule has 4 rings (SSSR count). The van der Waals surface area contributed by atoms with Crippen LogP contribution in [0.1, 0.15) is 11.7 Å². The molecule has 3 aliphatic rings. The lowest BCUT2D eigenvalue weighted by molar-refractivity contribution is 0.0873. The fraction of sp³-hybridized carbons (Fsp3) is 0.143. The summed E-state index contributed by atoms with van der Waals surface area (Å²) < 4.78 is 6.04. The smallest absolute Gasteiger partial charge is 0.162 e. The summed E-state index contributed by atoms with van der Waals surface area (Å²) in [5, 5.41) is 0. The molecule has 1 aliphatic carbocycles. The lowest BCUT2D eigenvalue weighted by atomic mass is 10.0. The SMILES string of the molecule is C1=CC2=NC3=Nc4ccccc4C3OC2C=C1. The Morgan fingerprint density at radius 1 is 1.06 bits per heavy atom. The first-order valence-corrected chi connectivity index (χ1v) is 5.68. The maximum Gasteiger partial charge on any atom is 0.162 e. The van der Waals surface area contributed by atoms with E-state index in [4.69, 9.17) is 4.74 Å². The maximum atomic E-state index is 6.04. The van der Waals surface area contributed by atoms with Crippen LogP contribution in [-0.2, 0) is 4.74 Å². The number of benzene rings is 1. The van der Waals surface area contributed by atoms with Crippen LogP contribution < -0.4 is 0 Å². The van der Waals surface area contributed by atoms with Gasteiger partial charge < -0.3 is 4.74 Å². The fourth-order valence-corrected chi connectivity index (χ4v) is 2.36. The largest absolute Gasteiger partial charge is 0.352 e. The molecule has 0 saturated carbocycles. The van der Waals surface area contributed by atoms with Crippen LogP contribution in [-0.4, -0.2) is 17.7 Å². The zero-order valence-electron chi connectivity index (χ0n) is 9.08. The number of para-hydroxylation sites is 1. The molecule has 0 saturated heterocycles. The molecule has 0 spiro atoms. The summed E-state index contributed by atoms with van der Waals surface area (Å²) in [6.07, 6.45) is 7.84. The molecule has 3 heteroatoms. The fourth-order valence-electron chi connectivity index (χ4n) is 2.36. The van der Waals surface area contributed by atoms with Gasteiger partial charge in [0.25, 0.3) is 0 Å². The van der Waals surface area contributed by atoms with Crippen molar-refractivity contribution in [1.29, 1.82) is 0 Å². The van der Waals surface area contributed by atoms with Crippen molar-refractivity contribution in [3.8, 4) is 0 Å². The van der Waals surface area contributed by atoms with Crippen molar-refractivity contribution in [1.82, 2.24) is 0 Å². The van der Waals surface area contributed by atoms with Gasteiger partial charge in [0.2, 0.25) is 0 Å². The molecular weight excluding hydrogens is 212 g/mol. The Balaban J connectivity index is 1.84. The summed E-state index contributed by atoms with van der Waals surface area (Å²) in [6.45, 7) is 0. The van der Waals surface area contributed by atoms with Crippen molar-refractivity contribution in [2.24, 2.45) is 9.98 Å². The van der Waals surface area contributed by atoms with E-state index >= 15 is 0 Å². The molecule has 0 bridgehead atoms. The minimum absolute atomic E-state index is 0.0323. The topological polar surface area (TPSA) is 34.0 Å². The molecule has 2 unspecified atom stereocenters. The summed E-state index contributed by atoms with van der Waals surface area (Å²) >= 11 is 0. The summed E-state index contributed by atoms with van der Waals surface area (Å²) in [5.41, 5.74) is 3.03. The molecule has 3 nitrogen and oxygen atoms in total. The molecular formula is C14H10N2O. The van der Waals surface area contributed by atoms with Gasteiger partial charge in [0.15, 0.2) is 5.84 Å². The highest BCUT2D eigenvalue weighted by Crippen LogP contribution is 2.39. The van der Waals surface area contributed by atoms with Crippen molar-refractivity contribution >= 4 is 17.2 Å². The summed E-state index contributed by atoms with van der Waals surface area (Å²) in [6, 6.07) is 8.05. The molecule has 2 heterocycles. The Morgan fingerprint density at radius 2 is 2.00 bits per heavy atom. The normalized spacial score (nSPS) is 28.0. The maximum absolute atomic E-state index is 6.04. The van der Waals surface area contributed by atoms with Crippen LogP contribution in [0.25, 0.3) is 0 Å². The van der Waals surface area contributed by atoms with E-state index in [2.05, 4.69) is 16.1 Å². The van der Waals surface area contributed by atoms with Crippen molar-refractivity contribution < 1.29 is 4.74 Å². The molecule has 2 aliphatic heterocycles. The highest BCUT2D eigenvalue weighted by atomic mass is 16.5. The van der Waals surface area contributed by atoms with E-state index in [1.807, 2.05) is 42.5 Å². The molecule has 0 N–H and O–H groups in total. The van der Waals surface area contributed by atoms with Gasteiger partial charge in [-0.2, -0.15) is 0 Å². The van der Waals surface area contributed by atoms with Crippen molar-refractivity contribution in [3.05, 3.63) is 54.1 Å². The molecule has 17 heavy (non-hydrogen) atoms. The number of nitrogens with zero attached hydrogens (tertiary/aromatic N) is 2. The van der Waals surface area contributed by atoms with Crippen molar-refractivity contribution in [3.63, 3.8) is 0 Å². The van der Waals surface area contributed by atoms with E-state index in [1.54, 1.807) is 0 Å². The predicted molar refractivity (Wildman–Crippen MR) is 66.9 cm³/mol. The highest BCUT2D eigenvalue weighted by Gasteiger charge is 2.35. The first-order chi connectivity index (χ1) is 8.42. The zero-order valence-corrected chi connectivity index (χ0v) is 9.08. The van der Waals surface area contributed by atoms with Crippen LogP contribution in [0.15, 0.2) is 58.6 Å². The van der Waals surface area contributed by atoms with Gasteiger partial charge in [-0.3, -0.25) is 0 Å². The van der Waals surface area contributed by atoms with E-state index in [9.17, 15) is 0 Å². The van der Waals surface area contributed by atoms with Crippen molar-refractivity contribution in [2.45, 2.75) is 12.2 Å². The third kappa shape index (κ3) is 1.26. The molecule has 1 aromatic rings. The van der Waals surface area contributed by atoms with Gasteiger partial charge in [0, 0.05) is 5.56 Å². The molecule has 1 aromatic carbocycles. The molecule has 0 fully saturated rings. The monoisotopic (exact) mass is 222 g/mol. The first kappa shape index (κ1) is 9.07. The van der Waals surface area contributed by atoms with Gasteiger partial charge in [-0.1, -0.05) is 30.4 Å². The Labute approximate surface area is 98.9 Å². The second kappa shape index (κ2) is 3.25. The zero-order chi connectivity index (χ0) is 11.2. The highest BCUT2D eigenvalue weighted by molar-refractivity contribution is 6.12. The van der Waals surface area contributed by atoms with Gasteiger partial charge in [-0.05, 0) is 18.2 Å². The number of rotatable bonds is 0. The minimum Gasteiger partial charge on any atom is -0.352 e. The number of allylic oxidation sites excluding steroid dienone is 2. The quantitative estimate of drug-likeness (QED) is 0.664. The Morgan fingerprint density at radius 3 is 3.00 bits per heavy atom. The van der Waals surface area contributed by atoms with Gasteiger partial charge in [0.05, 0.1) is 11.4 Å². The van der Waals surface area contributed by atoms with E-state index in [1.165, 1.54) is 0 Å². The molecule has 82 valence electrons. The Hall–Kier alpha value is -2.00. The lowest BCUT2D eigenvalue weighted by Gasteiger charge is -2.26. The van der Waals surface area contributed by atoms with Crippen LogP contribution in [0.5, 0.6) is 0 Å². The van der Waals surface area contributed by atoms with Crippen LogP contribution in [0, 0.1) is 0 Å². The summed E-state index contributed by atoms with van der Waals surface area (Å²) in [4.78, 5) is 9.09. The lowest BCUT2D eigenvalue weighted by Crippen LogP contribution is -2.32.